The summed E-state index contributed by atoms with van der Waals surface area (Å²) in [7, 11) is 1.69. The molecule has 0 aromatic rings. The van der Waals surface area contributed by atoms with E-state index in [9.17, 15) is 13.2 Å². The van der Waals surface area contributed by atoms with E-state index >= 15 is 0 Å². The summed E-state index contributed by atoms with van der Waals surface area (Å²) in [5.74, 6) is 0. The van der Waals surface area contributed by atoms with Crippen molar-refractivity contribution in [1.82, 2.24) is 10.6 Å². The van der Waals surface area contributed by atoms with Crippen molar-refractivity contribution < 1.29 is 17.9 Å². The normalized spacial score (nSPS) is 18.4. The van der Waals surface area contributed by atoms with Crippen LogP contribution in [-0.2, 0) is 4.74 Å². The number of halogens is 3. The quantitative estimate of drug-likeness (QED) is 0.612. The van der Waals surface area contributed by atoms with Gasteiger partial charge in [-0.25, -0.2) is 0 Å². The first-order valence-corrected chi connectivity index (χ1v) is 5.95. The van der Waals surface area contributed by atoms with Crippen molar-refractivity contribution in [3.63, 3.8) is 0 Å². The van der Waals surface area contributed by atoms with Crippen LogP contribution in [0.2, 0.25) is 0 Å². The van der Waals surface area contributed by atoms with E-state index in [1.54, 1.807) is 7.11 Å². The number of nitrogens with one attached hydrogen (secondary N) is 2. The Kier molecular flexibility index (Phi) is 5.69. The lowest BCUT2D eigenvalue weighted by molar-refractivity contribution is -0.124. The molecule has 0 amide bonds. The fourth-order valence-corrected chi connectivity index (χ4v) is 1.77. The largest absolute Gasteiger partial charge is 0.401 e. The first-order valence-electron chi connectivity index (χ1n) is 5.95. The first-order chi connectivity index (χ1) is 7.97. The number of alkyl halides is 3. The van der Waals surface area contributed by atoms with Crippen molar-refractivity contribution >= 4 is 0 Å². The zero-order chi connectivity index (χ0) is 12.8. The Balaban J connectivity index is 1.94. The smallest absolute Gasteiger partial charge is 0.385 e. The van der Waals surface area contributed by atoms with Crippen LogP contribution in [0.15, 0.2) is 0 Å². The van der Waals surface area contributed by atoms with Crippen molar-refractivity contribution in [3.05, 3.63) is 0 Å². The van der Waals surface area contributed by atoms with E-state index in [1.807, 2.05) is 0 Å². The van der Waals surface area contributed by atoms with Crippen molar-refractivity contribution in [2.75, 3.05) is 39.9 Å². The molecule has 3 nitrogen and oxygen atoms in total. The van der Waals surface area contributed by atoms with Crippen LogP contribution in [0.5, 0.6) is 0 Å². The predicted octanol–water partition coefficient (Wildman–Crippen LogP) is 1.54. The molecule has 0 aliphatic heterocycles. The number of rotatable bonds is 9. The van der Waals surface area contributed by atoms with Gasteiger partial charge in [0.05, 0.1) is 6.54 Å². The number of methoxy groups -OCH3 is 1. The van der Waals surface area contributed by atoms with E-state index < -0.39 is 12.7 Å². The SMILES string of the molecule is COCCC1(CNCCNCC(F)(F)F)CC1. The van der Waals surface area contributed by atoms with Gasteiger partial charge in [0.2, 0.25) is 0 Å². The third-order valence-electron chi connectivity index (χ3n) is 3.10. The summed E-state index contributed by atoms with van der Waals surface area (Å²) >= 11 is 0. The molecule has 0 radical (unpaired) electrons. The summed E-state index contributed by atoms with van der Waals surface area (Å²) in [6.45, 7) is 1.65. The molecule has 1 rings (SSSR count). The molecule has 1 aliphatic carbocycles. The van der Waals surface area contributed by atoms with Gasteiger partial charge in [-0.2, -0.15) is 13.2 Å². The summed E-state index contributed by atoms with van der Waals surface area (Å²) in [6, 6.07) is 0. The summed E-state index contributed by atoms with van der Waals surface area (Å²) in [5, 5.41) is 5.56. The molecule has 0 saturated heterocycles. The minimum atomic E-state index is -4.11. The van der Waals surface area contributed by atoms with Crippen LogP contribution in [0.1, 0.15) is 19.3 Å². The highest BCUT2D eigenvalue weighted by Crippen LogP contribution is 2.48. The predicted molar refractivity (Wildman–Crippen MR) is 60.0 cm³/mol. The van der Waals surface area contributed by atoms with Crippen LogP contribution in [0.25, 0.3) is 0 Å². The van der Waals surface area contributed by atoms with E-state index in [2.05, 4.69) is 10.6 Å². The van der Waals surface area contributed by atoms with Gasteiger partial charge in [0.1, 0.15) is 0 Å². The minimum Gasteiger partial charge on any atom is -0.385 e. The second-order valence-corrected chi connectivity index (χ2v) is 4.71. The maximum absolute atomic E-state index is 11.8. The standard InChI is InChI=1S/C11H21F3N2O/c1-17-7-4-10(2-3-10)8-15-5-6-16-9-11(12,13)14/h15-16H,2-9H2,1H3. The summed E-state index contributed by atoms with van der Waals surface area (Å²) < 4.78 is 40.5. The van der Waals surface area contributed by atoms with Crippen molar-refractivity contribution in [1.29, 1.82) is 0 Å². The highest BCUT2D eigenvalue weighted by molar-refractivity contribution is 4.94. The molecule has 102 valence electrons. The fourth-order valence-electron chi connectivity index (χ4n) is 1.77. The minimum absolute atomic E-state index is 0.347. The van der Waals surface area contributed by atoms with Gasteiger partial charge in [0.25, 0.3) is 0 Å². The van der Waals surface area contributed by atoms with E-state index in [0.717, 1.165) is 19.6 Å². The summed E-state index contributed by atoms with van der Waals surface area (Å²) in [5.41, 5.74) is 0.347. The van der Waals surface area contributed by atoms with Crippen LogP contribution in [-0.4, -0.2) is 46.1 Å². The average Bonchev–Trinajstić information content (AvgIpc) is 3.00. The molecule has 6 heteroatoms. The Labute approximate surface area is 100 Å². The maximum atomic E-state index is 11.8. The molecule has 0 bridgehead atoms. The van der Waals surface area contributed by atoms with E-state index in [1.165, 1.54) is 12.8 Å². The molecule has 0 aromatic heterocycles. The lowest BCUT2D eigenvalue weighted by atomic mass is 10.0. The third kappa shape index (κ3) is 6.85. The van der Waals surface area contributed by atoms with E-state index in [0.29, 0.717) is 18.5 Å². The van der Waals surface area contributed by atoms with E-state index in [4.69, 9.17) is 4.74 Å². The van der Waals surface area contributed by atoms with Gasteiger partial charge in [-0.15, -0.1) is 0 Å². The molecule has 17 heavy (non-hydrogen) atoms. The van der Waals surface area contributed by atoms with Gasteiger partial charge in [0, 0.05) is 33.4 Å². The average molecular weight is 254 g/mol. The highest BCUT2D eigenvalue weighted by atomic mass is 19.4. The lowest BCUT2D eigenvalue weighted by Crippen LogP contribution is -2.36. The van der Waals surface area contributed by atoms with Gasteiger partial charge in [0.15, 0.2) is 0 Å². The van der Waals surface area contributed by atoms with Crippen LogP contribution in [0.3, 0.4) is 0 Å². The van der Waals surface area contributed by atoms with Gasteiger partial charge in [-0.3, -0.25) is 0 Å². The molecular formula is C11H21F3N2O. The molecule has 0 unspecified atom stereocenters. The lowest BCUT2D eigenvalue weighted by Gasteiger charge is -2.15. The Bertz CT molecular complexity index is 217. The molecule has 1 fully saturated rings. The molecular weight excluding hydrogens is 233 g/mol. The van der Waals surface area contributed by atoms with E-state index in [-0.39, 0.29) is 0 Å². The molecule has 0 heterocycles. The second-order valence-electron chi connectivity index (χ2n) is 4.71. The van der Waals surface area contributed by atoms with Gasteiger partial charge < -0.3 is 15.4 Å². The molecule has 1 aliphatic rings. The Morgan fingerprint density at radius 2 is 1.82 bits per heavy atom. The molecule has 1 saturated carbocycles. The molecule has 0 atom stereocenters. The Morgan fingerprint density at radius 3 is 2.35 bits per heavy atom. The van der Waals surface area contributed by atoms with Crippen LogP contribution >= 0.6 is 0 Å². The Morgan fingerprint density at radius 1 is 1.18 bits per heavy atom. The van der Waals surface area contributed by atoms with Crippen molar-refractivity contribution in [3.8, 4) is 0 Å². The maximum Gasteiger partial charge on any atom is 0.401 e. The Hall–Kier alpha value is -0.330. The zero-order valence-electron chi connectivity index (χ0n) is 10.2. The van der Waals surface area contributed by atoms with Crippen molar-refractivity contribution in [2.45, 2.75) is 25.4 Å². The van der Waals surface area contributed by atoms with Crippen LogP contribution in [0, 0.1) is 5.41 Å². The fraction of sp³-hybridized carbons (Fsp3) is 1.00. The highest BCUT2D eigenvalue weighted by Gasteiger charge is 2.41. The van der Waals surface area contributed by atoms with Crippen LogP contribution < -0.4 is 10.6 Å². The van der Waals surface area contributed by atoms with Gasteiger partial charge >= 0.3 is 6.18 Å². The molecule has 2 N–H and O–H groups in total. The molecule has 0 aromatic carbocycles. The number of hydrogen-bond acceptors (Lipinski definition) is 3. The van der Waals surface area contributed by atoms with Gasteiger partial charge in [-0.1, -0.05) is 0 Å². The monoisotopic (exact) mass is 254 g/mol. The van der Waals surface area contributed by atoms with Gasteiger partial charge in [-0.05, 0) is 24.7 Å². The summed E-state index contributed by atoms with van der Waals surface area (Å²) in [4.78, 5) is 0. The number of hydrogen-bond donors (Lipinski definition) is 2. The molecule has 0 spiro atoms. The number of ether oxygens (including phenoxy) is 1. The third-order valence-corrected chi connectivity index (χ3v) is 3.10. The van der Waals surface area contributed by atoms with Crippen LogP contribution in [0.4, 0.5) is 13.2 Å². The van der Waals surface area contributed by atoms with Crippen molar-refractivity contribution in [2.24, 2.45) is 5.41 Å². The summed E-state index contributed by atoms with van der Waals surface area (Å²) in [6.07, 6.45) is -0.693. The zero-order valence-corrected chi connectivity index (χ0v) is 10.2. The topological polar surface area (TPSA) is 33.3 Å². The second kappa shape index (κ2) is 6.56. The first kappa shape index (κ1) is 14.7.